The fourth-order valence-electron chi connectivity index (χ4n) is 4.40. The number of halogens is 3. The van der Waals surface area contributed by atoms with E-state index in [0.717, 1.165) is 53.0 Å². The van der Waals surface area contributed by atoms with Gasteiger partial charge >= 0.3 is 18.1 Å². The number of hydrogen-bond acceptors (Lipinski definition) is 7. The van der Waals surface area contributed by atoms with E-state index >= 15 is 0 Å². The fourth-order valence-corrected chi connectivity index (χ4v) is 4.40. The zero-order valence-electron chi connectivity index (χ0n) is 22.7. The molecule has 3 rings (SSSR count). The van der Waals surface area contributed by atoms with E-state index in [2.05, 4.69) is 4.74 Å². The standard InChI is InChI=1S/C29H32F3N3O6/c1-2-19-8-11-21(12-9-19)26(38)35-23-13-10-20(7-5-3-4-6-15-33)17-22(23)27(39)34(18-24(35)36)16-14-25(37)41-28(40)29(30,31)32/h8-13,17H,2-7,14-16,18,33H2,1H3. The topological polar surface area (TPSA) is 127 Å². The van der Waals surface area contributed by atoms with E-state index in [4.69, 9.17) is 5.73 Å². The molecule has 0 fully saturated rings. The van der Waals surface area contributed by atoms with Gasteiger partial charge in [0, 0.05) is 12.1 Å². The summed E-state index contributed by atoms with van der Waals surface area (Å²) in [6.07, 6.45) is -1.18. The Labute approximate surface area is 235 Å². The molecule has 0 aromatic heterocycles. The average Bonchev–Trinajstić information content (AvgIpc) is 3.04. The van der Waals surface area contributed by atoms with Gasteiger partial charge in [0.15, 0.2) is 0 Å². The Morgan fingerprint density at radius 1 is 0.951 bits per heavy atom. The SMILES string of the molecule is CCc1ccc(C(=O)N2C(=O)CN(CCC(=O)OC(=O)C(F)(F)F)C(=O)c3cc(CCCCCCN)ccc32)cc1. The third kappa shape index (κ3) is 8.23. The van der Waals surface area contributed by atoms with Gasteiger partial charge in [-0.2, -0.15) is 13.2 Å². The summed E-state index contributed by atoms with van der Waals surface area (Å²) in [5.74, 6) is -6.29. The van der Waals surface area contributed by atoms with Gasteiger partial charge < -0.3 is 15.4 Å². The van der Waals surface area contributed by atoms with E-state index in [1.165, 1.54) is 6.07 Å². The first-order chi connectivity index (χ1) is 19.5. The first-order valence-electron chi connectivity index (χ1n) is 13.4. The number of rotatable bonds is 11. The normalized spacial score (nSPS) is 13.6. The van der Waals surface area contributed by atoms with Crippen molar-refractivity contribution in [2.24, 2.45) is 5.73 Å². The Morgan fingerprint density at radius 3 is 2.24 bits per heavy atom. The molecule has 0 aliphatic carbocycles. The van der Waals surface area contributed by atoms with Crippen LogP contribution in [0.3, 0.4) is 0 Å². The lowest BCUT2D eigenvalue weighted by Gasteiger charge is -2.21. The zero-order chi connectivity index (χ0) is 30.2. The monoisotopic (exact) mass is 575 g/mol. The molecule has 2 aromatic rings. The number of benzene rings is 2. The Bertz CT molecular complexity index is 1290. The number of nitrogens with two attached hydrogens (primary N) is 1. The van der Waals surface area contributed by atoms with Crippen molar-refractivity contribution in [2.45, 2.75) is 58.0 Å². The molecule has 9 nitrogen and oxygen atoms in total. The van der Waals surface area contributed by atoms with Crippen molar-refractivity contribution in [3.05, 3.63) is 64.7 Å². The lowest BCUT2D eigenvalue weighted by molar-refractivity contribution is -0.201. The second-order valence-corrected chi connectivity index (χ2v) is 9.63. The molecule has 2 N–H and O–H groups in total. The first-order valence-corrected chi connectivity index (χ1v) is 13.4. The van der Waals surface area contributed by atoms with Crippen LogP contribution in [0.2, 0.25) is 0 Å². The van der Waals surface area contributed by atoms with Crippen LogP contribution in [0.25, 0.3) is 0 Å². The summed E-state index contributed by atoms with van der Waals surface area (Å²) in [6, 6.07) is 11.5. The van der Waals surface area contributed by atoms with Crippen LogP contribution >= 0.6 is 0 Å². The highest BCUT2D eigenvalue weighted by Gasteiger charge is 2.42. The number of amides is 3. The molecular weight excluding hydrogens is 543 g/mol. The second-order valence-electron chi connectivity index (χ2n) is 9.63. The van der Waals surface area contributed by atoms with Crippen molar-refractivity contribution in [1.82, 2.24) is 4.90 Å². The highest BCUT2D eigenvalue weighted by molar-refractivity contribution is 6.25. The van der Waals surface area contributed by atoms with Crippen LogP contribution < -0.4 is 10.6 Å². The van der Waals surface area contributed by atoms with Gasteiger partial charge in [0.25, 0.3) is 17.7 Å². The van der Waals surface area contributed by atoms with Crippen molar-refractivity contribution < 1.29 is 41.9 Å². The minimum atomic E-state index is -5.36. The Balaban J connectivity index is 1.90. The van der Waals surface area contributed by atoms with E-state index in [1.807, 2.05) is 6.92 Å². The number of alkyl halides is 3. The summed E-state index contributed by atoms with van der Waals surface area (Å²) >= 11 is 0. The van der Waals surface area contributed by atoms with Crippen molar-refractivity contribution in [2.75, 3.05) is 24.5 Å². The van der Waals surface area contributed by atoms with Gasteiger partial charge in [0.05, 0.1) is 17.7 Å². The lowest BCUT2D eigenvalue weighted by Crippen LogP contribution is -2.43. The van der Waals surface area contributed by atoms with Gasteiger partial charge in [-0.1, -0.05) is 38.0 Å². The van der Waals surface area contributed by atoms with Crippen LogP contribution in [0.4, 0.5) is 18.9 Å². The van der Waals surface area contributed by atoms with Crippen LogP contribution in [-0.2, 0) is 32.0 Å². The summed E-state index contributed by atoms with van der Waals surface area (Å²) in [5, 5.41) is 0. The maximum absolute atomic E-state index is 13.6. The summed E-state index contributed by atoms with van der Waals surface area (Å²) < 4.78 is 41.1. The van der Waals surface area contributed by atoms with Crippen molar-refractivity contribution >= 4 is 35.3 Å². The molecule has 0 saturated heterocycles. The molecule has 0 bridgehead atoms. The number of aryl methyl sites for hydroxylation is 2. The molecule has 0 saturated carbocycles. The highest BCUT2D eigenvalue weighted by atomic mass is 19.4. The molecule has 0 unspecified atom stereocenters. The number of carbonyl (C=O) groups excluding carboxylic acids is 5. The molecule has 0 spiro atoms. The van der Waals surface area contributed by atoms with E-state index < -0.39 is 55.3 Å². The number of esters is 2. The Hall–Kier alpha value is -4.06. The first kappa shape index (κ1) is 31.5. The Morgan fingerprint density at radius 2 is 1.61 bits per heavy atom. The van der Waals surface area contributed by atoms with Crippen LogP contribution in [0.15, 0.2) is 42.5 Å². The predicted molar refractivity (Wildman–Crippen MR) is 143 cm³/mol. The summed E-state index contributed by atoms with van der Waals surface area (Å²) in [5.41, 5.74) is 7.63. The highest BCUT2D eigenvalue weighted by Crippen LogP contribution is 2.29. The number of hydrogen-bond donors (Lipinski definition) is 1. The summed E-state index contributed by atoms with van der Waals surface area (Å²) in [7, 11) is 0. The smallest absolute Gasteiger partial charge is 0.386 e. The number of unbranched alkanes of at least 4 members (excludes halogenated alkanes) is 3. The Kier molecular flexibility index (Phi) is 10.8. The molecule has 1 heterocycles. The number of nitrogens with zero attached hydrogens (tertiary/aromatic N) is 2. The van der Waals surface area contributed by atoms with E-state index in [-0.39, 0.29) is 16.8 Å². The van der Waals surface area contributed by atoms with Crippen molar-refractivity contribution in [3.63, 3.8) is 0 Å². The van der Waals surface area contributed by atoms with Gasteiger partial charge in [-0.3, -0.25) is 19.2 Å². The molecule has 0 atom stereocenters. The molecular formula is C29H32F3N3O6. The van der Waals surface area contributed by atoms with Crippen LogP contribution in [0.1, 0.15) is 70.9 Å². The van der Waals surface area contributed by atoms with Crippen molar-refractivity contribution in [1.29, 1.82) is 0 Å². The van der Waals surface area contributed by atoms with Gasteiger partial charge in [-0.05, 0) is 67.6 Å². The number of anilines is 1. The third-order valence-corrected chi connectivity index (χ3v) is 6.65. The number of imide groups is 1. The predicted octanol–water partition coefficient (Wildman–Crippen LogP) is 3.96. The molecule has 0 radical (unpaired) electrons. The maximum atomic E-state index is 13.6. The molecule has 1 aliphatic rings. The number of carbonyl (C=O) groups is 5. The quantitative estimate of drug-likeness (QED) is 0.186. The number of ether oxygens (including phenoxy) is 1. The lowest BCUT2D eigenvalue weighted by atomic mass is 10.0. The molecule has 3 amide bonds. The van der Waals surface area contributed by atoms with Crippen molar-refractivity contribution in [3.8, 4) is 0 Å². The van der Waals surface area contributed by atoms with Gasteiger partial charge in [0.2, 0.25) is 0 Å². The van der Waals surface area contributed by atoms with E-state index in [1.54, 1.807) is 36.4 Å². The van der Waals surface area contributed by atoms with Crippen LogP contribution in [-0.4, -0.2) is 60.4 Å². The maximum Gasteiger partial charge on any atom is 0.491 e. The largest absolute Gasteiger partial charge is 0.491 e. The van der Waals surface area contributed by atoms with Crippen LogP contribution in [0, 0.1) is 0 Å². The second kappa shape index (κ2) is 14.0. The molecule has 12 heteroatoms. The summed E-state index contributed by atoms with van der Waals surface area (Å²) in [4.78, 5) is 65.2. The van der Waals surface area contributed by atoms with Gasteiger partial charge in [0.1, 0.15) is 6.54 Å². The average molecular weight is 576 g/mol. The zero-order valence-corrected chi connectivity index (χ0v) is 22.7. The minimum absolute atomic E-state index is 0.0357. The van der Waals surface area contributed by atoms with E-state index in [0.29, 0.717) is 13.0 Å². The molecule has 220 valence electrons. The summed E-state index contributed by atoms with van der Waals surface area (Å²) in [6.45, 7) is 1.42. The minimum Gasteiger partial charge on any atom is -0.386 e. The van der Waals surface area contributed by atoms with E-state index in [9.17, 15) is 37.1 Å². The van der Waals surface area contributed by atoms with Crippen LogP contribution in [0.5, 0.6) is 0 Å². The van der Waals surface area contributed by atoms with Gasteiger partial charge in [-0.25, -0.2) is 9.69 Å². The molecule has 2 aromatic carbocycles. The number of fused-ring (bicyclic) bond motifs is 1. The molecule has 1 aliphatic heterocycles. The van der Waals surface area contributed by atoms with Gasteiger partial charge in [-0.15, -0.1) is 0 Å². The fraction of sp³-hybridized carbons (Fsp3) is 0.414. The molecule has 41 heavy (non-hydrogen) atoms. The third-order valence-electron chi connectivity index (χ3n) is 6.65.